The Morgan fingerprint density at radius 1 is 1.16 bits per heavy atom. The van der Waals surface area contributed by atoms with Crippen molar-refractivity contribution >= 4 is 16.0 Å². The first kappa shape index (κ1) is 22.6. The molecule has 0 N–H and O–H groups in total. The van der Waals surface area contributed by atoms with Gasteiger partial charge in [0, 0.05) is 12.6 Å². The van der Waals surface area contributed by atoms with Crippen LogP contribution in [0, 0.1) is 0 Å². The van der Waals surface area contributed by atoms with Crippen LogP contribution in [0.25, 0.3) is 11.4 Å². The second-order valence-corrected chi connectivity index (χ2v) is 8.93. The zero-order chi connectivity index (χ0) is 22.6. The first-order valence-corrected chi connectivity index (χ1v) is 10.9. The molecule has 0 atom stereocenters. The Labute approximate surface area is 180 Å². The molecule has 0 saturated carbocycles. The lowest BCUT2D eigenvalue weighted by atomic mass is 10.0. The Bertz CT molecular complexity index is 1160. The summed E-state index contributed by atoms with van der Waals surface area (Å²) in [6.45, 7) is 3.97. The molecule has 3 aromatic rings. The van der Waals surface area contributed by atoms with Crippen molar-refractivity contribution in [1.82, 2.24) is 14.6 Å². The van der Waals surface area contributed by atoms with Crippen molar-refractivity contribution in [2.24, 2.45) is 0 Å². The van der Waals surface area contributed by atoms with E-state index in [0.717, 1.165) is 5.56 Å². The topological polar surface area (TPSA) is 112 Å². The smallest absolute Gasteiger partial charge is 0.338 e. The van der Waals surface area contributed by atoms with Gasteiger partial charge in [0.25, 0.3) is 15.9 Å². The van der Waals surface area contributed by atoms with Crippen molar-refractivity contribution in [1.29, 1.82) is 0 Å². The first-order valence-electron chi connectivity index (χ1n) is 9.45. The van der Waals surface area contributed by atoms with E-state index < -0.39 is 16.0 Å². The maximum atomic E-state index is 12.4. The van der Waals surface area contributed by atoms with E-state index in [0.29, 0.717) is 16.2 Å². The molecule has 0 aliphatic heterocycles. The van der Waals surface area contributed by atoms with Gasteiger partial charge >= 0.3 is 5.97 Å². The lowest BCUT2D eigenvalue weighted by Gasteiger charge is -2.14. The van der Waals surface area contributed by atoms with Crippen LogP contribution in [-0.4, -0.2) is 43.2 Å². The average molecular weight is 445 g/mol. The predicted molar refractivity (Wildman–Crippen MR) is 111 cm³/mol. The van der Waals surface area contributed by atoms with E-state index in [1.165, 1.54) is 44.0 Å². The number of hydroxylamine groups is 1. The fraction of sp³-hybridized carbons (Fsp3) is 0.286. The third kappa shape index (κ3) is 5.16. The van der Waals surface area contributed by atoms with Crippen molar-refractivity contribution in [3.05, 3.63) is 65.5 Å². The van der Waals surface area contributed by atoms with Gasteiger partial charge in [-0.25, -0.2) is 13.2 Å². The highest BCUT2D eigenvalue weighted by Gasteiger charge is 2.22. The van der Waals surface area contributed by atoms with Crippen LogP contribution in [0.4, 0.5) is 0 Å². The Morgan fingerprint density at radius 2 is 1.87 bits per heavy atom. The lowest BCUT2D eigenvalue weighted by molar-refractivity contribution is -0.0258. The maximum absolute atomic E-state index is 12.4. The number of nitrogens with zero attached hydrogens (tertiary/aromatic N) is 3. The third-order valence-corrected chi connectivity index (χ3v) is 6.27. The number of hydrogen-bond acceptors (Lipinski definition) is 8. The summed E-state index contributed by atoms with van der Waals surface area (Å²) in [5.74, 6) is 0.201. The molecule has 9 nitrogen and oxygen atoms in total. The molecule has 10 heteroatoms. The van der Waals surface area contributed by atoms with Gasteiger partial charge in [0.1, 0.15) is 0 Å². The number of hydrogen-bond donors (Lipinski definition) is 0. The van der Waals surface area contributed by atoms with Crippen molar-refractivity contribution in [3.8, 4) is 11.4 Å². The second kappa shape index (κ2) is 9.38. The second-order valence-electron chi connectivity index (χ2n) is 6.99. The molecule has 0 fully saturated rings. The number of aromatic nitrogens is 2. The number of esters is 1. The molecule has 0 saturated heterocycles. The summed E-state index contributed by atoms with van der Waals surface area (Å²) in [6.07, 6.45) is 0. The van der Waals surface area contributed by atoms with Crippen LogP contribution in [0.15, 0.2) is 57.9 Å². The molecule has 31 heavy (non-hydrogen) atoms. The van der Waals surface area contributed by atoms with Gasteiger partial charge in [-0.05, 0) is 29.7 Å². The molecule has 0 bridgehead atoms. The normalized spacial score (nSPS) is 11.8. The van der Waals surface area contributed by atoms with Gasteiger partial charge in [0.15, 0.2) is 6.61 Å². The van der Waals surface area contributed by atoms with E-state index in [1.807, 2.05) is 24.3 Å². The quantitative estimate of drug-likeness (QED) is 0.383. The van der Waals surface area contributed by atoms with Gasteiger partial charge in [-0.15, -0.1) is 0 Å². The van der Waals surface area contributed by atoms with Crippen LogP contribution in [0.2, 0.25) is 0 Å². The molecule has 0 amide bonds. The molecular formula is C21H23N3O6S. The summed E-state index contributed by atoms with van der Waals surface area (Å²) < 4.78 is 35.7. The van der Waals surface area contributed by atoms with Crippen molar-refractivity contribution in [2.45, 2.75) is 31.3 Å². The van der Waals surface area contributed by atoms with Crippen LogP contribution >= 0.6 is 0 Å². The van der Waals surface area contributed by atoms with Gasteiger partial charge in [0.05, 0.1) is 17.6 Å². The number of rotatable bonds is 8. The molecule has 2 aromatic carbocycles. The van der Waals surface area contributed by atoms with E-state index in [-0.39, 0.29) is 23.0 Å². The summed E-state index contributed by atoms with van der Waals surface area (Å²) in [4.78, 5) is 21.2. The highest BCUT2D eigenvalue weighted by atomic mass is 32.2. The number of carbonyl (C=O) groups is 1. The van der Waals surface area contributed by atoms with Gasteiger partial charge < -0.3 is 9.26 Å². The third-order valence-electron chi connectivity index (χ3n) is 4.59. The van der Waals surface area contributed by atoms with Gasteiger partial charge in [0.2, 0.25) is 5.82 Å². The molecule has 3 rings (SSSR count). The molecule has 1 heterocycles. The summed E-state index contributed by atoms with van der Waals surface area (Å²) in [7, 11) is -1.40. The highest BCUT2D eigenvalue weighted by Crippen LogP contribution is 2.21. The molecule has 0 aliphatic rings. The molecule has 164 valence electrons. The number of carbonyl (C=O) groups excluding carboxylic acids is 1. The summed E-state index contributed by atoms with van der Waals surface area (Å²) in [6, 6.07) is 13.3. The van der Waals surface area contributed by atoms with Gasteiger partial charge in [-0.3, -0.25) is 4.84 Å². The number of benzene rings is 2. The Hall–Kier alpha value is -3.08. The Morgan fingerprint density at radius 3 is 2.52 bits per heavy atom. The van der Waals surface area contributed by atoms with E-state index in [2.05, 4.69) is 24.0 Å². The SMILES string of the molecule is CON(C)S(=O)(=O)c1cccc(C(=O)OCc2nc(-c3ccc(C(C)C)cc3)no2)c1. The molecule has 0 spiro atoms. The highest BCUT2D eigenvalue weighted by molar-refractivity contribution is 7.89. The fourth-order valence-electron chi connectivity index (χ4n) is 2.69. The molecule has 1 aromatic heterocycles. The maximum Gasteiger partial charge on any atom is 0.338 e. The van der Waals surface area contributed by atoms with Gasteiger partial charge in [-0.2, -0.15) is 4.98 Å². The molecule has 0 aliphatic carbocycles. The van der Waals surface area contributed by atoms with Gasteiger partial charge in [-0.1, -0.05) is 53.8 Å². The van der Waals surface area contributed by atoms with Crippen LogP contribution in [0.5, 0.6) is 0 Å². The average Bonchev–Trinajstić information content (AvgIpc) is 3.26. The van der Waals surface area contributed by atoms with Crippen LogP contribution in [-0.2, 0) is 26.2 Å². The standard InChI is InChI=1S/C21H23N3O6S/c1-14(2)15-8-10-16(11-9-15)20-22-19(30-23-20)13-29-21(25)17-6-5-7-18(12-17)31(26,27)24(3)28-4/h5-12,14H,13H2,1-4H3. The van der Waals surface area contributed by atoms with Crippen LogP contribution in [0.3, 0.4) is 0 Å². The zero-order valence-corrected chi connectivity index (χ0v) is 18.4. The van der Waals surface area contributed by atoms with Crippen molar-refractivity contribution in [3.63, 3.8) is 0 Å². The largest absolute Gasteiger partial charge is 0.452 e. The molecular weight excluding hydrogens is 422 g/mol. The minimum Gasteiger partial charge on any atom is -0.452 e. The van der Waals surface area contributed by atoms with E-state index in [9.17, 15) is 13.2 Å². The predicted octanol–water partition coefficient (Wildman–Crippen LogP) is 3.40. The summed E-state index contributed by atoms with van der Waals surface area (Å²) >= 11 is 0. The summed E-state index contributed by atoms with van der Waals surface area (Å²) in [5.41, 5.74) is 2.04. The fourth-order valence-corrected chi connectivity index (χ4v) is 3.71. The van der Waals surface area contributed by atoms with E-state index in [4.69, 9.17) is 14.1 Å². The Balaban J connectivity index is 1.67. The Kier molecular flexibility index (Phi) is 6.84. The monoisotopic (exact) mass is 445 g/mol. The minimum atomic E-state index is -3.89. The lowest BCUT2D eigenvalue weighted by Crippen LogP contribution is -2.25. The number of ether oxygens (including phenoxy) is 1. The van der Waals surface area contributed by atoms with Crippen molar-refractivity contribution in [2.75, 3.05) is 14.2 Å². The van der Waals surface area contributed by atoms with E-state index in [1.54, 1.807) is 0 Å². The van der Waals surface area contributed by atoms with Crippen molar-refractivity contribution < 1.29 is 27.3 Å². The van der Waals surface area contributed by atoms with Crippen LogP contribution in [0.1, 0.15) is 41.6 Å². The van der Waals surface area contributed by atoms with E-state index >= 15 is 0 Å². The minimum absolute atomic E-state index is 0.0644. The zero-order valence-electron chi connectivity index (χ0n) is 17.6. The van der Waals surface area contributed by atoms with Crippen LogP contribution < -0.4 is 0 Å². The number of sulfonamides is 1. The molecule has 0 radical (unpaired) electrons. The first-order chi connectivity index (χ1) is 14.7. The molecule has 0 unspecified atom stereocenters. The summed E-state index contributed by atoms with van der Waals surface area (Å²) in [5, 5.41) is 3.91.